The Morgan fingerprint density at radius 1 is 1.06 bits per heavy atom. The van der Waals surface area contributed by atoms with Crippen molar-refractivity contribution >= 4 is 108 Å². The Hall–Kier alpha value is -2.67. The molecule has 0 unspecified atom stereocenters. The number of rotatable bonds is 6. The molecule has 2 N–H and O–H groups in total. The summed E-state index contributed by atoms with van der Waals surface area (Å²) in [4.78, 5) is 53.8. The average molecular weight is 1080 g/mol. The zero-order chi connectivity index (χ0) is 45.3. The van der Waals surface area contributed by atoms with Crippen LogP contribution in [-0.4, -0.2) is 107 Å². The van der Waals surface area contributed by atoms with Crippen molar-refractivity contribution in [2.24, 2.45) is 17.3 Å². The Morgan fingerprint density at radius 3 is 2.43 bits per heavy atom. The third-order valence-electron chi connectivity index (χ3n) is 14.0. The number of likely N-dealkylation sites (tertiary alicyclic amines) is 1. The van der Waals surface area contributed by atoms with E-state index < -0.39 is 42.3 Å². The van der Waals surface area contributed by atoms with Crippen molar-refractivity contribution in [1.82, 2.24) is 35.2 Å². The molecule has 5 atom stereocenters. The fourth-order valence-corrected chi connectivity index (χ4v) is 11.0. The number of nitrogens with one attached hydrogen (secondary N) is 2. The van der Waals surface area contributed by atoms with Gasteiger partial charge in [0.2, 0.25) is 5.91 Å². The maximum atomic E-state index is 15.0. The van der Waals surface area contributed by atoms with E-state index in [1.165, 1.54) is 20.9 Å². The number of carbonyl (C=O) groups excluding carboxylic acids is 3. The smallest absolute Gasteiger partial charge is 0.406 e. The number of hydrazine groups is 1. The van der Waals surface area contributed by atoms with Gasteiger partial charge in [-0.1, -0.05) is 26.8 Å². The third-order valence-corrected chi connectivity index (χ3v) is 14.9. The molecule has 5 aliphatic rings. The monoisotopic (exact) mass is 1080 g/mol. The number of carbonyl (C=O) groups is 3. The van der Waals surface area contributed by atoms with Crippen LogP contribution >= 0.6 is 78.8 Å². The van der Waals surface area contributed by atoms with Crippen LogP contribution in [-0.2, 0) is 60.0 Å². The van der Waals surface area contributed by atoms with E-state index in [1.54, 1.807) is 19.2 Å². The van der Waals surface area contributed by atoms with Crippen LogP contribution in [0.1, 0.15) is 93.4 Å². The lowest BCUT2D eigenvalue weighted by atomic mass is 9.71. The first kappa shape index (κ1) is 58.9. The number of halogens is 3. The van der Waals surface area contributed by atoms with Crippen molar-refractivity contribution < 1.29 is 41.8 Å². The molecule has 2 amide bonds. The van der Waals surface area contributed by atoms with E-state index in [0.717, 1.165) is 43.6 Å². The average Bonchev–Trinajstić information content (AvgIpc) is 3.71. The molecule has 4 aliphatic heterocycles. The lowest BCUT2D eigenvalue weighted by Crippen LogP contribution is -2.60. The normalized spacial score (nSPS) is 23.6. The van der Waals surface area contributed by atoms with Crippen molar-refractivity contribution in [3.05, 3.63) is 57.2 Å². The van der Waals surface area contributed by atoms with Gasteiger partial charge in [-0.25, -0.2) is 10.4 Å². The number of hydrogen-bond acceptors (Lipinski definition) is 11. The quantitative estimate of drug-likeness (QED) is 0.187. The number of nitrogens with zero attached hydrogens (tertiary/aromatic N) is 5. The third kappa shape index (κ3) is 12.2. The van der Waals surface area contributed by atoms with Gasteiger partial charge in [-0.15, -0.1) is 11.3 Å². The molecule has 69 heavy (non-hydrogen) atoms. The molecule has 1 spiro atoms. The van der Waals surface area contributed by atoms with Crippen molar-refractivity contribution in [3.8, 4) is 22.5 Å². The minimum absolute atomic E-state index is 0. The molecule has 3 fully saturated rings. The number of benzene rings is 1. The number of pyridine rings is 1. The number of methoxy groups -OCH3 is 1. The number of thiazole rings is 1. The van der Waals surface area contributed by atoms with Crippen LogP contribution in [0.5, 0.6) is 0 Å². The molecule has 1 aliphatic carbocycles. The number of alkyl halides is 3. The van der Waals surface area contributed by atoms with Crippen LogP contribution < -0.4 is 10.7 Å². The molecule has 3 aromatic heterocycles. The highest BCUT2D eigenvalue weighted by Gasteiger charge is 2.44. The highest BCUT2D eigenvalue weighted by molar-refractivity contribution is 7.60. The van der Waals surface area contributed by atoms with E-state index in [0.29, 0.717) is 82.3 Å². The second-order valence-corrected chi connectivity index (χ2v) is 20.5. The molecule has 0 radical (unpaired) electrons. The molecule has 1 aromatic carbocycles. The molecular formula is C47H68F3N7O6S6. The summed E-state index contributed by atoms with van der Waals surface area (Å²) in [6.07, 6.45) is -1.45. The first-order valence-electron chi connectivity index (χ1n) is 22.5. The van der Waals surface area contributed by atoms with Crippen LogP contribution in [0, 0.1) is 17.3 Å². The molecule has 2 saturated heterocycles. The van der Waals surface area contributed by atoms with Crippen molar-refractivity contribution in [2.75, 3.05) is 47.0 Å². The number of aromatic nitrogens is 3. The topological polar surface area (TPSA) is 140 Å². The lowest BCUT2D eigenvalue weighted by molar-refractivity contribution is -0.155. The summed E-state index contributed by atoms with van der Waals surface area (Å²) in [5.41, 5.74) is 7.57. The number of piperidine rings is 1. The summed E-state index contributed by atoms with van der Waals surface area (Å²) in [6, 6.07) is 5.74. The van der Waals surface area contributed by atoms with Crippen LogP contribution in [0.2, 0.25) is 0 Å². The largest absolute Gasteiger partial charge is 0.464 e. The van der Waals surface area contributed by atoms with Crippen molar-refractivity contribution in [1.29, 1.82) is 0 Å². The van der Waals surface area contributed by atoms with Crippen LogP contribution in [0.15, 0.2) is 29.6 Å². The van der Waals surface area contributed by atoms with E-state index in [9.17, 15) is 14.4 Å². The van der Waals surface area contributed by atoms with E-state index in [4.69, 9.17) is 24.2 Å². The summed E-state index contributed by atoms with van der Waals surface area (Å²) in [6.45, 7) is 9.27. The molecule has 13 nitrogen and oxygen atoms in total. The Morgan fingerprint density at radius 2 is 1.77 bits per heavy atom. The van der Waals surface area contributed by atoms with Crippen LogP contribution in [0.4, 0.5) is 13.2 Å². The number of amides is 2. The summed E-state index contributed by atoms with van der Waals surface area (Å²) < 4.78 is 64.7. The van der Waals surface area contributed by atoms with Gasteiger partial charge in [0.15, 0.2) is 0 Å². The lowest BCUT2D eigenvalue weighted by Gasteiger charge is -2.44. The highest BCUT2D eigenvalue weighted by Crippen LogP contribution is 2.47. The van der Waals surface area contributed by atoms with Crippen LogP contribution in [0.3, 0.4) is 0 Å². The maximum Gasteiger partial charge on any atom is 0.406 e. The summed E-state index contributed by atoms with van der Waals surface area (Å²) in [5.74, 6) is -1.03. The first-order valence-corrected chi connectivity index (χ1v) is 23.4. The maximum absolute atomic E-state index is 15.0. The Balaban J connectivity index is 0.00000207. The minimum Gasteiger partial charge on any atom is -0.464 e. The van der Waals surface area contributed by atoms with Gasteiger partial charge in [-0.05, 0) is 101 Å². The van der Waals surface area contributed by atoms with Crippen molar-refractivity contribution in [3.63, 3.8) is 0 Å². The first-order chi connectivity index (χ1) is 30.4. The van der Waals surface area contributed by atoms with E-state index in [2.05, 4.69) is 28.8 Å². The molecule has 384 valence electrons. The standard InChI is InChI=1S/C47H58F3N7O6S.5H2S/c1-26-16-29(26)42(58)53-35-19-39-51-37(22-64-39)28-9-10-38-30(17-28)32(20-45(3,4)24-63-44(60)34-8-7-13-57(54-34)43(35)59)41(56(38)23-47(48,49)50)31-18-33-36(52-40(31)27(2)61-6)21-62-25-46(33)11-14-55(5)15-12-46;;;;;/h9-10,17-18,22,26-27,29,34-35,54H,7-8,11-16,19-21,23-25H2,1-6H3,(H,53,58);5*1H2/t26-,27-,29-,34-,35-;;;;;/m0...../s1. The SMILES string of the molecule is CO[C@@H](C)c1nc2c(cc1-c1c3c4cc(ccc4n1CC(F)(F)F)-c1csc(n1)C[C@H](NC(=O)[C@H]1C[C@@H]1C)C(=O)N1CCC[C@H](N1)C(=O)OCC(C)(C)C3)C1(CCN(C)CC1)COC2.S.S.S.S.S. The number of cyclic esters (lactones) is 1. The van der Waals surface area contributed by atoms with Gasteiger partial charge in [-0.3, -0.25) is 24.4 Å². The molecule has 1 saturated carbocycles. The fourth-order valence-electron chi connectivity index (χ4n) is 10.1. The van der Waals surface area contributed by atoms with E-state index >= 15 is 13.2 Å². The summed E-state index contributed by atoms with van der Waals surface area (Å²) in [7, 11) is 3.66. The molecule has 7 heterocycles. The van der Waals surface area contributed by atoms with Gasteiger partial charge in [0.05, 0.1) is 53.7 Å². The van der Waals surface area contributed by atoms with Gasteiger partial charge in [0.1, 0.15) is 18.6 Å². The zero-order valence-corrected chi connectivity index (χ0v) is 45.7. The number of esters is 1. The number of ether oxygens (including phenoxy) is 3. The molecule has 6 bridgehead atoms. The zero-order valence-electron chi connectivity index (χ0n) is 39.9. The second kappa shape index (κ2) is 23.0. The summed E-state index contributed by atoms with van der Waals surface area (Å²) >= 11 is 1.35. The highest BCUT2D eigenvalue weighted by atomic mass is 32.1. The Bertz CT molecular complexity index is 2480. The predicted octanol–water partition coefficient (Wildman–Crippen LogP) is 7.46. The molecular weight excluding hydrogens is 1010 g/mol. The second-order valence-electron chi connectivity index (χ2n) is 19.6. The molecule has 22 heteroatoms. The van der Waals surface area contributed by atoms with Crippen LogP contribution in [0.25, 0.3) is 33.4 Å². The van der Waals surface area contributed by atoms with Gasteiger partial charge < -0.3 is 29.0 Å². The van der Waals surface area contributed by atoms with Gasteiger partial charge in [0.25, 0.3) is 5.91 Å². The van der Waals surface area contributed by atoms with E-state index in [1.807, 2.05) is 39.1 Å². The van der Waals surface area contributed by atoms with Gasteiger partial charge in [-0.2, -0.15) is 80.6 Å². The molecule has 9 rings (SSSR count). The predicted molar refractivity (Wildman–Crippen MR) is 287 cm³/mol. The van der Waals surface area contributed by atoms with E-state index in [-0.39, 0.29) is 116 Å². The fraction of sp³-hybridized carbons (Fsp3) is 0.596. The van der Waals surface area contributed by atoms with Crippen molar-refractivity contribution in [2.45, 2.75) is 116 Å². The van der Waals surface area contributed by atoms with Gasteiger partial charge >= 0.3 is 12.1 Å². The Labute approximate surface area is 441 Å². The van der Waals surface area contributed by atoms with Gasteiger partial charge in [0, 0.05) is 64.2 Å². The Kier molecular flexibility index (Phi) is 19.7. The minimum atomic E-state index is -4.59. The summed E-state index contributed by atoms with van der Waals surface area (Å²) in [5, 5.41) is 7.50. The molecule has 4 aromatic rings. The number of hydrogen-bond donors (Lipinski definition) is 2. The number of fused-ring (bicyclic) bond motifs is 8.